The molecule has 1 N–H and O–H groups in total. The Morgan fingerprint density at radius 3 is 2.73 bits per heavy atom. The largest absolute Gasteiger partial charge is 0.383 e. The second-order valence-electron chi connectivity index (χ2n) is 5.71. The molecule has 0 saturated carbocycles. The van der Waals surface area contributed by atoms with Gasteiger partial charge >= 0.3 is 10.1 Å². The molecular weight excluding hydrogens is 376 g/mol. The number of fused-ring (bicyclic) bond motifs is 1. The van der Waals surface area contributed by atoms with Gasteiger partial charge in [0.25, 0.3) is 0 Å². The summed E-state index contributed by atoms with van der Waals surface area (Å²) in [5.41, 5.74) is 1.25. The van der Waals surface area contributed by atoms with E-state index in [1.165, 1.54) is 12.3 Å². The molecule has 0 bridgehead atoms. The highest BCUT2D eigenvalue weighted by atomic mass is 35.5. The number of pyridine rings is 1. The Bertz CT molecular complexity index is 1080. The Morgan fingerprint density at radius 2 is 2.00 bits per heavy atom. The lowest BCUT2D eigenvalue weighted by Crippen LogP contribution is -2.14. The predicted octanol–water partition coefficient (Wildman–Crippen LogP) is 3.41. The van der Waals surface area contributed by atoms with E-state index in [4.69, 9.17) is 15.8 Å². The van der Waals surface area contributed by atoms with Gasteiger partial charge in [-0.2, -0.15) is 8.42 Å². The first-order valence-corrected chi connectivity index (χ1v) is 9.81. The highest BCUT2D eigenvalue weighted by Gasteiger charge is 2.11. The number of amides is 1. The number of benzene rings is 2. The van der Waals surface area contributed by atoms with Crippen LogP contribution in [-0.2, 0) is 21.3 Å². The lowest BCUT2D eigenvalue weighted by molar-refractivity contribution is -0.115. The van der Waals surface area contributed by atoms with Crippen molar-refractivity contribution in [3.05, 3.63) is 65.4 Å². The molecule has 0 spiro atoms. The highest BCUT2D eigenvalue weighted by molar-refractivity contribution is 7.86. The van der Waals surface area contributed by atoms with Crippen LogP contribution in [-0.4, -0.2) is 25.6 Å². The van der Waals surface area contributed by atoms with Crippen LogP contribution in [0.2, 0.25) is 5.02 Å². The summed E-state index contributed by atoms with van der Waals surface area (Å²) in [5, 5.41) is 4.72. The molecule has 3 rings (SSSR count). The van der Waals surface area contributed by atoms with Crippen LogP contribution < -0.4 is 9.50 Å². The lowest BCUT2D eigenvalue weighted by Gasteiger charge is -2.10. The zero-order valence-electron chi connectivity index (χ0n) is 13.8. The number of nitrogens with zero attached hydrogens (tertiary/aromatic N) is 1. The van der Waals surface area contributed by atoms with Crippen LogP contribution in [0.1, 0.15) is 5.56 Å². The third-order valence-electron chi connectivity index (χ3n) is 3.51. The molecular formula is C18H15ClN2O4S. The van der Waals surface area contributed by atoms with Gasteiger partial charge in [0.15, 0.2) is 0 Å². The molecule has 1 aromatic heterocycles. The third kappa shape index (κ3) is 4.71. The molecule has 8 heteroatoms. The number of hydrogen-bond acceptors (Lipinski definition) is 5. The molecule has 0 radical (unpaired) electrons. The van der Waals surface area contributed by atoms with E-state index in [9.17, 15) is 13.2 Å². The Hall–Kier alpha value is -2.64. The van der Waals surface area contributed by atoms with Crippen LogP contribution in [0.15, 0.2) is 54.9 Å². The van der Waals surface area contributed by atoms with Gasteiger partial charge in [-0.1, -0.05) is 23.7 Å². The van der Waals surface area contributed by atoms with Crippen LogP contribution in [0, 0.1) is 0 Å². The summed E-state index contributed by atoms with van der Waals surface area (Å²) in [5.74, 6) is -0.0764. The van der Waals surface area contributed by atoms with E-state index < -0.39 is 10.1 Å². The molecule has 1 heterocycles. The summed E-state index contributed by atoms with van der Waals surface area (Å²) >= 11 is 5.93. The molecule has 26 heavy (non-hydrogen) atoms. The fourth-order valence-electron chi connectivity index (χ4n) is 2.50. The Morgan fingerprint density at radius 1 is 1.19 bits per heavy atom. The minimum Gasteiger partial charge on any atom is -0.383 e. The zero-order valence-corrected chi connectivity index (χ0v) is 15.3. The third-order valence-corrected chi connectivity index (χ3v) is 4.24. The number of carbonyl (C=O) groups excluding carboxylic acids is 1. The van der Waals surface area contributed by atoms with Crippen LogP contribution in [0.5, 0.6) is 5.75 Å². The Kier molecular flexibility index (Phi) is 5.11. The number of nitrogens with one attached hydrogen (secondary N) is 1. The van der Waals surface area contributed by atoms with Crippen molar-refractivity contribution in [3.63, 3.8) is 0 Å². The molecule has 0 aliphatic carbocycles. The monoisotopic (exact) mass is 390 g/mol. The molecule has 0 atom stereocenters. The normalized spacial score (nSPS) is 11.3. The average molecular weight is 391 g/mol. The van der Waals surface area contributed by atoms with Gasteiger partial charge in [0, 0.05) is 22.0 Å². The maximum Gasteiger partial charge on any atom is 0.306 e. The quantitative estimate of drug-likeness (QED) is 0.675. The van der Waals surface area contributed by atoms with Gasteiger partial charge in [0.2, 0.25) is 5.91 Å². The van der Waals surface area contributed by atoms with Crippen molar-refractivity contribution in [3.8, 4) is 5.75 Å². The van der Waals surface area contributed by atoms with Crippen molar-refractivity contribution in [1.82, 2.24) is 4.98 Å². The molecule has 2 aromatic carbocycles. The van der Waals surface area contributed by atoms with Gasteiger partial charge < -0.3 is 9.50 Å². The topological polar surface area (TPSA) is 85.4 Å². The molecule has 0 aliphatic rings. The van der Waals surface area contributed by atoms with E-state index in [2.05, 4.69) is 10.3 Å². The number of anilines is 1. The van der Waals surface area contributed by atoms with E-state index >= 15 is 0 Å². The minimum absolute atomic E-state index is 0.149. The summed E-state index contributed by atoms with van der Waals surface area (Å²) in [4.78, 5) is 16.4. The Balaban J connectivity index is 1.86. The SMILES string of the molecule is CS(=O)(=O)Oc1ccc2cncc(NC(=O)Cc3cccc(Cl)c3)c2c1. The predicted molar refractivity (Wildman–Crippen MR) is 101 cm³/mol. The maximum atomic E-state index is 12.3. The number of carbonyl (C=O) groups is 1. The Labute approximate surface area is 155 Å². The fourth-order valence-corrected chi connectivity index (χ4v) is 3.16. The molecule has 134 valence electrons. The first-order valence-electron chi connectivity index (χ1n) is 7.62. The van der Waals surface area contributed by atoms with Crippen molar-refractivity contribution in [2.24, 2.45) is 0 Å². The van der Waals surface area contributed by atoms with Crippen LogP contribution in [0.25, 0.3) is 10.8 Å². The second kappa shape index (κ2) is 7.31. The zero-order chi connectivity index (χ0) is 18.7. The van der Waals surface area contributed by atoms with Gasteiger partial charge in [-0.15, -0.1) is 0 Å². The van der Waals surface area contributed by atoms with Gasteiger partial charge in [0.05, 0.1) is 24.6 Å². The minimum atomic E-state index is -3.64. The molecule has 3 aromatic rings. The molecule has 6 nitrogen and oxygen atoms in total. The van der Waals surface area contributed by atoms with E-state index in [0.717, 1.165) is 17.2 Å². The summed E-state index contributed by atoms with van der Waals surface area (Å²) in [6.07, 6.45) is 4.24. The number of aromatic nitrogens is 1. The van der Waals surface area contributed by atoms with Crippen molar-refractivity contribution in [2.75, 3.05) is 11.6 Å². The maximum absolute atomic E-state index is 12.3. The second-order valence-corrected chi connectivity index (χ2v) is 7.72. The van der Waals surface area contributed by atoms with E-state index in [0.29, 0.717) is 16.1 Å². The van der Waals surface area contributed by atoms with Gasteiger partial charge in [-0.3, -0.25) is 9.78 Å². The lowest BCUT2D eigenvalue weighted by atomic mass is 10.1. The first-order chi connectivity index (χ1) is 12.3. The molecule has 0 saturated heterocycles. The summed E-state index contributed by atoms with van der Waals surface area (Å²) in [7, 11) is -3.64. The molecule has 1 amide bonds. The fraction of sp³-hybridized carbons (Fsp3) is 0.111. The first kappa shape index (κ1) is 18.2. The highest BCUT2D eigenvalue weighted by Crippen LogP contribution is 2.27. The standard InChI is InChI=1S/C18H15ClN2O4S/c1-26(23,24)25-15-6-5-13-10-20-11-17(16(13)9-15)21-18(22)8-12-3-2-4-14(19)7-12/h2-7,9-11H,8H2,1H3,(H,21,22). The smallest absolute Gasteiger partial charge is 0.306 e. The van der Waals surface area contributed by atoms with Crippen molar-refractivity contribution in [1.29, 1.82) is 0 Å². The summed E-state index contributed by atoms with van der Waals surface area (Å²) < 4.78 is 27.5. The molecule has 0 unspecified atom stereocenters. The van der Waals surface area contributed by atoms with Gasteiger partial charge in [-0.05, 0) is 35.9 Å². The molecule has 0 aliphatic heterocycles. The van der Waals surface area contributed by atoms with E-state index in [1.807, 2.05) is 6.07 Å². The van der Waals surface area contributed by atoms with Crippen molar-refractivity contribution >= 4 is 44.1 Å². The number of rotatable bonds is 5. The van der Waals surface area contributed by atoms with Crippen molar-refractivity contribution in [2.45, 2.75) is 6.42 Å². The van der Waals surface area contributed by atoms with E-state index in [-0.39, 0.29) is 18.1 Å². The van der Waals surface area contributed by atoms with Crippen LogP contribution >= 0.6 is 11.6 Å². The molecule has 0 fully saturated rings. The van der Waals surface area contributed by atoms with Crippen LogP contribution in [0.3, 0.4) is 0 Å². The van der Waals surface area contributed by atoms with E-state index in [1.54, 1.807) is 36.5 Å². The number of hydrogen-bond donors (Lipinski definition) is 1. The van der Waals surface area contributed by atoms with Gasteiger partial charge in [0.1, 0.15) is 5.75 Å². The summed E-state index contributed by atoms with van der Waals surface area (Å²) in [6, 6.07) is 11.8. The van der Waals surface area contributed by atoms with Crippen molar-refractivity contribution < 1.29 is 17.4 Å². The van der Waals surface area contributed by atoms with Gasteiger partial charge in [-0.25, -0.2) is 0 Å². The summed E-state index contributed by atoms with van der Waals surface area (Å²) in [6.45, 7) is 0. The number of halogens is 1. The van der Waals surface area contributed by atoms with Crippen LogP contribution in [0.4, 0.5) is 5.69 Å². The average Bonchev–Trinajstić information content (AvgIpc) is 2.54.